The Kier molecular flexibility index (Phi) is 3.94. The Morgan fingerprint density at radius 2 is 2.65 bits per heavy atom. The number of rotatable bonds is 4. The summed E-state index contributed by atoms with van der Waals surface area (Å²) >= 11 is 1.62. The topological polar surface area (TPSA) is 69.0 Å². The van der Waals surface area contributed by atoms with Crippen LogP contribution >= 0.6 is 11.3 Å². The Bertz CT molecular complexity index is 412. The van der Waals surface area contributed by atoms with E-state index in [1.54, 1.807) is 17.5 Å². The summed E-state index contributed by atoms with van der Waals surface area (Å²) in [6, 6.07) is 2.15. The molecule has 2 rings (SSSR count). The van der Waals surface area contributed by atoms with E-state index in [9.17, 15) is 4.79 Å². The molecule has 0 spiro atoms. The Labute approximate surface area is 104 Å². The Morgan fingerprint density at radius 3 is 3.35 bits per heavy atom. The second-order valence-electron chi connectivity index (χ2n) is 3.94. The van der Waals surface area contributed by atoms with Gasteiger partial charge in [0.25, 0.3) is 0 Å². The molecule has 1 aliphatic rings. The summed E-state index contributed by atoms with van der Waals surface area (Å²) in [5, 5.41) is 14.2. The molecule has 1 atom stereocenters. The molecule has 5 nitrogen and oxygen atoms in total. The summed E-state index contributed by atoms with van der Waals surface area (Å²) in [6.45, 7) is 1.59. The second-order valence-corrected chi connectivity index (χ2v) is 4.82. The predicted octanol–water partition coefficient (Wildman–Crippen LogP) is 1.14. The number of nitriles is 1. The van der Waals surface area contributed by atoms with Crippen molar-refractivity contribution in [1.29, 1.82) is 5.26 Å². The lowest BCUT2D eigenvalue weighted by atomic mass is 10.2. The van der Waals surface area contributed by atoms with E-state index in [1.807, 2.05) is 11.4 Å². The van der Waals surface area contributed by atoms with Crippen molar-refractivity contribution < 1.29 is 4.79 Å². The summed E-state index contributed by atoms with van der Waals surface area (Å²) in [7, 11) is 0. The van der Waals surface area contributed by atoms with Gasteiger partial charge in [-0.25, -0.2) is 4.98 Å². The molecule has 90 valence electrons. The largest absolute Gasteiger partial charge is 0.353 e. The average Bonchev–Trinajstić information content (AvgIpc) is 2.97. The molecule has 0 radical (unpaired) electrons. The molecule has 17 heavy (non-hydrogen) atoms. The zero-order valence-corrected chi connectivity index (χ0v) is 10.2. The lowest BCUT2D eigenvalue weighted by Gasteiger charge is -2.23. The van der Waals surface area contributed by atoms with Gasteiger partial charge < -0.3 is 10.2 Å². The van der Waals surface area contributed by atoms with Crippen LogP contribution in [0, 0.1) is 11.3 Å². The zero-order valence-electron chi connectivity index (χ0n) is 9.43. The van der Waals surface area contributed by atoms with Gasteiger partial charge >= 0.3 is 0 Å². The molecule has 1 amide bonds. The van der Waals surface area contributed by atoms with Crippen molar-refractivity contribution in [1.82, 2.24) is 10.3 Å². The molecule has 1 aromatic heterocycles. The minimum atomic E-state index is -0.196. The molecular weight excluding hydrogens is 236 g/mol. The fourth-order valence-electron chi connectivity index (χ4n) is 2.02. The van der Waals surface area contributed by atoms with E-state index in [-0.39, 0.29) is 12.3 Å². The van der Waals surface area contributed by atoms with Crippen molar-refractivity contribution >= 4 is 22.4 Å². The van der Waals surface area contributed by atoms with Crippen LogP contribution in [-0.2, 0) is 4.79 Å². The lowest BCUT2D eigenvalue weighted by molar-refractivity contribution is -0.120. The first kappa shape index (κ1) is 11.9. The van der Waals surface area contributed by atoms with Crippen molar-refractivity contribution in [2.24, 2.45) is 0 Å². The van der Waals surface area contributed by atoms with Crippen LogP contribution < -0.4 is 10.2 Å². The highest BCUT2D eigenvalue weighted by Crippen LogP contribution is 2.26. The van der Waals surface area contributed by atoms with Gasteiger partial charge in [0, 0.05) is 30.7 Å². The van der Waals surface area contributed by atoms with Crippen LogP contribution in [0.1, 0.15) is 19.3 Å². The van der Waals surface area contributed by atoms with Crippen LogP contribution in [0.4, 0.5) is 5.13 Å². The van der Waals surface area contributed by atoms with Crippen LogP contribution in [0.3, 0.4) is 0 Å². The molecule has 1 aliphatic heterocycles. The first-order chi connectivity index (χ1) is 8.31. The second kappa shape index (κ2) is 5.64. The van der Waals surface area contributed by atoms with Crippen molar-refractivity contribution in [2.45, 2.75) is 25.3 Å². The molecule has 1 N–H and O–H groups in total. The Hall–Kier alpha value is -1.61. The summed E-state index contributed by atoms with van der Waals surface area (Å²) in [5.41, 5.74) is 0. The summed E-state index contributed by atoms with van der Waals surface area (Å²) in [4.78, 5) is 17.8. The maximum Gasteiger partial charge on any atom is 0.234 e. The summed E-state index contributed by atoms with van der Waals surface area (Å²) in [6.07, 6.45) is 3.92. The van der Waals surface area contributed by atoms with Crippen LogP contribution in [0.25, 0.3) is 0 Å². The minimum absolute atomic E-state index is 0.0655. The molecule has 0 aromatic carbocycles. The number of nitrogens with zero attached hydrogens (tertiary/aromatic N) is 3. The molecule has 1 fully saturated rings. The lowest BCUT2D eigenvalue weighted by Crippen LogP contribution is -2.40. The van der Waals surface area contributed by atoms with Gasteiger partial charge in [-0.3, -0.25) is 4.79 Å². The van der Waals surface area contributed by atoms with Gasteiger partial charge in [-0.15, -0.1) is 11.3 Å². The monoisotopic (exact) mass is 250 g/mol. The third kappa shape index (κ3) is 2.94. The van der Waals surface area contributed by atoms with Crippen LogP contribution in [0.2, 0.25) is 0 Å². The fourth-order valence-corrected chi connectivity index (χ4v) is 2.76. The number of carbonyl (C=O) groups excluding carboxylic acids is 1. The average molecular weight is 250 g/mol. The highest BCUT2D eigenvalue weighted by molar-refractivity contribution is 7.13. The first-order valence-electron chi connectivity index (χ1n) is 5.61. The molecule has 1 unspecified atom stereocenters. The predicted molar refractivity (Wildman–Crippen MR) is 65.7 cm³/mol. The van der Waals surface area contributed by atoms with E-state index >= 15 is 0 Å². The molecular formula is C11H14N4OS. The molecule has 0 bridgehead atoms. The smallest absolute Gasteiger partial charge is 0.234 e. The maximum absolute atomic E-state index is 11.2. The molecule has 0 aliphatic carbocycles. The SMILES string of the molecule is N#CCC(=O)NCC1CCCN1c1nccs1. The molecule has 2 heterocycles. The van der Waals surface area contributed by atoms with E-state index in [1.165, 1.54) is 0 Å². The minimum Gasteiger partial charge on any atom is -0.353 e. The van der Waals surface area contributed by atoms with E-state index in [2.05, 4.69) is 15.2 Å². The van der Waals surface area contributed by atoms with Gasteiger partial charge in [0.1, 0.15) is 6.42 Å². The zero-order chi connectivity index (χ0) is 12.1. The van der Waals surface area contributed by atoms with E-state index in [0.29, 0.717) is 12.6 Å². The normalized spacial score (nSPS) is 19.0. The number of nitrogens with one attached hydrogen (secondary N) is 1. The van der Waals surface area contributed by atoms with Gasteiger partial charge in [-0.1, -0.05) is 0 Å². The number of thiazole rings is 1. The van der Waals surface area contributed by atoms with Crippen molar-refractivity contribution in [3.05, 3.63) is 11.6 Å². The van der Waals surface area contributed by atoms with Gasteiger partial charge in [0.2, 0.25) is 5.91 Å². The number of amides is 1. The number of hydrogen-bond donors (Lipinski definition) is 1. The van der Waals surface area contributed by atoms with E-state index in [0.717, 1.165) is 24.5 Å². The Morgan fingerprint density at radius 1 is 1.76 bits per heavy atom. The van der Waals surface area contributed by atoms with Crippen molar-refractivity contribution in [2.75, 3.05) is 18.0 Å². The van der Waals surface area contributed by atoms with Gasteiger partial charge in [-0.05, 0) is 12.8 Å². The number of aromatic nitrogens is 1. The third-order valence-corrected chi connectivity index (χ3v) is 3.63. The highest BCUT2D eigenvalue weighted by Gasteiger charge is 2.26. The standard InChI is InChI=1S/C11H14N4OS/c12-4-3-10(16)14-8-9-2-1-6-15(9)11-13-5-7-17-11/h5,7,9H,1-3,6,8H2,(H,14,16). The van der Waals surface area contributed by atoms with E-state index < -0.39 is 0 Å². The molecule has 1 saturated heterocycles. The van der Waals surface area contributed by atoms with Gasteiger partial charge in [0.05, 0.1) is 6.07 Å². The van der Waals surface area contributed by atoms with E-state index in [4.69, 9.17) is 5.26 Å². The number of carbonyl (C=O) groups is 1. The number of anilines is 1. The van der Waals surface area contributed by atoms with Crippen LogP contribution in [-0.4, -0.2) is 30.0 Å². The molecule has 6 heteroatoms. The molecule has 0 saturated carbocycles. The van der Waals surface area contributed by atoms with Gasteiger partial charge in [0.15, 0.2) is 5.13 Å². The van der Waals surface area contributed by atoms with Gasteiger partial charge in [-0.2, -0.15) is 5.26 Å². The molecule has 1 aromatic rings. The number of hydrogen-bond acceptors (Lipinski definition) is 5. The first-order valence-corrected chi connectivity index (χ1v) is 6.49. The van der Waals surface area contributed by atoms with Crippen molar-refractivity contribution in [3.63, 3.8) is 0 Å². The van der Waals surface area contributed by atoms with Crippen LogP contribution in [0.5, 0.6) is 0 Å². The quantitative estimate of drug-likeness (QED) is 0.870. The Balaban J connectivity index is 1.88. The van der Waals surface area contributed by atoms with Crippen LogP contribution in [0.15, 0.2) is 11.6 Å². The van der Waals surface area contributed by atoms with Crippen molar-refractivity contribution in [3.8, 4) is 6.07 Å². The third-order valence-electron chi connectivity index (χ3n) is 2.82. The summed E-state index contributed by atoms with van der Waals surface area (Å²) in [5.74, 6) is -0.196. The maximum atomic E-state index is 11.2. The summed E-state index contributed by atoms with van der Waals surface area (Å²) < 4.78 is 0. The highest BCUT2D eigenvalue weighted by atomic mass is 32.1. The fraction of sp³-hybridized carbons (Fsp3) is 0.545.